The van der Waals surface area contributed by atoms with Crippen LogP contribution < -0.4 is 0 Å². The van der Waals surface area contributed by atoms with Crippen molar-refractivity contribution >= 4 is 23.4 Å². The number of hydrogen-bond acceptors (Lipinski definition) is 5. The monoisotopic (exact) mass is 294 g/mol. The van der Waals surface area contributed by atoms with Crippen molar-refractivity contribution < 1.29 is 19.2 Å². The van der Waals surface area contributed by atoms with Gasteiger partial charge < -0.3 is 5.11 Å². The van der Waals surface area contributed by atoms with Gasteiger partial charge in [0.2, 0.25) is 0 Å². The summed E-state index contributed by atoms with van der Waals surface area (Å²) in [4.78, 5) is 25.5. The molecule has 0 saturated carbocycles. The number of benzene rings is 1. The smallest absolute Gasteiger partial charge is 0.338 e. The summed E-state index contributed by atoms with van der Waals surface area (Å²) in [6.45, 7) is 0. The highest BCUT2D eigenvalue weighted by molar-refractivity contribution is 7.99. The summed E-state index contributed by atoms with van der Waals surface area (Å²) in [6.07, 6.45) is 2.99. The molecule has 0 aliphatic heterocycles. The van der Waals surface area contributed by atoms with E-state index in [-0.39, 0.29) is 4.90 Å². The van der Waals surface area contributed by atoms with Crippen LogP contribution in [0.2, 0.25) is 0 Å². The van der Waals surface area contributed by atoms with Crippen molar-refractivity contribution in [1.29, 1.82) is 0 Å². The Balaban J connectivity index is 2.49. The molecule has 0 spiro atoms. The SMILES string of the molecule is O=C(O)c1cc([N+](=O)[O-])c(Sc2ccncc2)cc1F. The molecule has 1 aromatic carbocycles. The Morgan fingerprint density at radius 2 is 2.00 bits per heavy atom. The molecule has 0 fully saturated rings. The lowest BCUT2D eigenvalue weighted by molar-refractivity contribution is -0.387. The second-order valence-electron chi connectivity index (χ2n) is 3.65. The van der Waals surface area contributed by atoms with E-state index in [0.29, 0.717) is 4.90 Å². The number of rotatable bonds is 4. The number of aromatic carboxylic acids is 1. The first kappa shape index (κ1) is 13.9. The molecule has 2 aromatic rings. The fraction of sp³-hybridized carbons (Fsp3) is 0. The van der Waals surface area contributed by atoms with Gasteiger partial charge in [-0.15, -0.1) is 0 Å². The molecule has 1 aromatic heterocycles. The standard InChI is InChI=1S/C12H7FN2O4S/c13-9-6-11(20-7-1-3-14-4-2-7)10(15(18)19)5-8(9)12(16)17/h1-6H,(H,16,17). The Hall–Kier alpha value is -2.48. The maximum atomic E-state index is 13.6. The molecule has 8 heteroatoms. The van der Waals surface area contributed by atoms with Crippen LogP contribution in [0.3, 0.4) is 0 Å². The van der Waals surface area contributed by atoms with Crippen LogP contribution in [0, 0.1) is 15.9 Å². The predicted molar refractivity (Wildman–Crippen MR) is 68.4 cm³/mol. The summed E-state index contributed by atoms with van der Waals surface area (Å²) < 4.78 is 13.6. The average molecular weight is 294 g/mol. The quantitative estimate of drug-likeness (QED) is 0.688. The number of nitro groups is 1. The number of aromatic nitrogens is 1. The molecule has 1 N–H and O–H groups in total. The Labute approximate surface area is 116 Å². The van der Waals surface area contributed by atoms with Crippen LogP contribution in [0.25, 0.3) is 0 Å². The molecule has 102 valence electrons. The van der Waals surface area contributed by atoms with E-state index < -0.39 is 28.0 Å². The van der Waals surface area contributed by atoms with Gasteiger partial charge in [-0.1, -0.05) is 11.8 Å². The molecule has 0 atom stereocenters. The lowest BCUT2D eigenvalue weighted by Gasteiger charge is -2.05. The number of halogens is 1. The molecule has 0 aliphatic carbocycles. The van der Waals surface area contributed by atoms with E-state index in [1.165, 1.54) is 12.4 Å². The zero-order valence-electron chi connectivity index (χ0n) is 9.82. The Morgan fingerprint density at radius 3 is 2.55 bits per heavy atom. The lowest BCUT2D eigenvalue weighted by atomic mass is 10.2. The first-order chi connectivity index (χ1) is 9.49. The molecule has 1 heterocycles. The van der Waals surface area contributed by atoms with Crippen LogP contribution in [0.5, 0.6) is 0 Å². The highest BCUT2D eigenvalue weighted by atomic mass is 32.2. The zero-order valence-corrected chi connectivity index (χ0v) is 10.6. The van der Waals surface area contributed by atoms with E-state index >= 15 is 0 Å². The van der Waals surface area contributed by atoms with Crippen molar-refractivity contribution in [3.8, 4) is 0 Å². The van der Waals surface area contributed by atoms with Gasteiger partial charge in [-0.25, -0.2) is 9.18 Å². The number of pyridine rings is 1. The van der Waals surface area contributed by atoms with Gasteiger partial charge in [0, 0.05) is 23.4 Å². The second kappa shape index (κ2) is 5.66. The fourth-order valence-corrected chi connectivity index (χ4v) is 2.38. The number of carboxylic acids is 1. The van der Waals surface area contributed by atoms with Gasteiger partial charge >= 0.3 is 5.97 Å². The summed E-state index contributed by atoms with van der Waals surface area (Å²) in [7, 11) is 0. The van der Waals surface area contributed by atoms with E-state index in [2.05, 4.69) is 4.98 Å². The topological polar surface area (TPSA) is 93.3 Å². The minimum Gasteiger partial charge on any atom is -0.478 e. The molecule has 0 bridgehead atoms. The highest BCUT2D eigenvalue weighted by Gasteiger charge is 2.22. The Morgan fingerprint density at radius 1 is 1.35 bits per heavy atom. The van der Waals surface area contributed by atoms with E-state index in [1.54, 1.807) is 12.1 Å². The third kappa shape index (κ3) is 2.91. The summed E-state index contributed by atoms with van der Waals surface area (Å²) in [5, 5.41) is 19.7. The van der Waals surface area contributed by atoms with Crippen molar-refractivity contribution in [1.82, 2.24) is 4.98 Å². The summed E-state index contributed by atoms with van der Waals surface area (Å²) >= 11 is 0.963. The summed E-state index contributed by atoms with van der Waals surface area (Å²) in [6, 6.07) is 4.79. The van der Waals surface area contributed by atoms with Gasteiger partial charge in [-0.2, -0.15) is 0 Å². The van der Waals surface area contributed by atoms with Crippen molar-refractivity contribution in [2.75, 3.05) is 0 Å². The van der Waals surface area contributed by atoms with Gasteiger partial charge in [-0.3, -0.25) is 15.1 Å². The number of hydrogen-bond donors (Lipinski definition) is 1. The molecular formula is C12H7FN2O4S. The van der Waals surface area contributed by atoms with Gasteiger partial charge in [0.05, 0.1) is 9.82 Å². The van der Waals surface area contributed by atoms with Gasteiger partial charge in [-0.05, 0) is 18.2 Å². The summed E-state index contributed by atoms with van der Waals surface area (Å²) in [5.41, 5.74) is -1.18. The van der Waals surface area contributed by atoms with Crippen LogP contribution >= 0.6 is 11.8 Å². The van der Waals surface area contributed by atoms with Crippen LogP contribution in [0.4, 0.5) is 10.1 Å². The molecule has 0 radical (unpaired) electrons. The average Bonchev–Trinajstić information content (AvgIpc) is 2.39. The molecule has 6 nitrogen and oxygen atoms in total. The van der Waals surface area contributed by atoms with Crippen LogP contribution in [-0.4, -0.2) is 21.0 Å². The molecule has 0 amide bonds. The van der Waals surface area contributed by atoms with E-state index in [9.17, 15) is 19.3 Å². The summed E-state index contributed by atoms with van der Waals surface area (Å²) in [5.74, 6) is -2.56. The van der Waals surface area contributed by atoms with E-state index in [0.717, 1.165) is 23.9 Å². The van der Waals surface area contributed by atoms with E-state index in [1.807, 2.05) is 0 Å². The molecule has 2 rings (SSSR count). The highest BCUT2D eigenvalue weighted by Crippen LogP contribution is 2.36. The maximum Gasteiger partial charge on any atom is 0.338 e. The molecular weight excluding hydrogens is 287 g/mol. The Bertz CT molecular complexity index is 679. The van der Waals surface area contributed by atoms with Crippen molar-refractivity contribution in [2.45, 2.75) is 9.79 Å². The third-order valence-corrected chi connectivity index (χ3v) is 3.41. The van der Waals surface area contributed by atoms with Crippen LogP contribution in [-0.2, 0) is 0 Å². The normalized spacial score (nSPS) is 10.2. The maximum absolute atomic E-state index is 13.6. The molecule has 20 heavy (non-hydrogen) atoms. The Kier molecular flexibility index (Phi) is 3.94. The molecule has 0 saturated heterocycles. The van der Waals surface area contributed by atoms with Gasteiger partial charge in [0.25, 0.3) is 5.69 Å². The second-order valence-corrected chi connectivity index (χ2v) is 4.76. The zero-order chi connectivity index (χ0) is 14.7. The van der Waals surface area contributed by atoms with Crippen molar-refractivity contribution in [2.24, 2.45) is 0 Å². The van der Waals surface area contributed by atoms with Gasteiger partial charge in [0.15, 0.2) is 0 Å². The van der Waals surface area contributed by atoms with Crippen molar-refractivity contribution in [3.63, 3.8) is 0 Å². The minimum atomic E-state index is -1.55. The van der Waals surface area contributed by atoms with Crippen LogP contribution in [0.15, 0.2) is 46.5 Å². The predicted octanol–water partition coefficient (Wildman–Crippen LogP) is 2.98. The number of nitro benzene ring substituents is 1. The van der Waals surface area contributed by atoms with Crippen LogP contribution in [0.1, 0.15) is 10.4 Å². The minimum absolute atomic E-state index is 0.0312. The first-order valence-corrected chi connectivity index (χ1v) is 6.10. The number of nitrogens with zero attached hydrogens (tertiary/aromatic N) is 2. The van der Waals surface area contributed by atoms with Crippen molar-refractivity contribution in [3.05, 3.63) is 58.2 Å². The van der Waals surface area contributed by atoms with E-state index in [4.69, 9.17) is 5.11 Å². The third-order valence-electron chi connectivity index (χ3n) is 2.35. The molecule has 0 unspecified atom stereocenters. The number of carboxylic acid groups (broad SMARTS) is 1. The largest absolute Gasteiger partial charge is 0.478 e. The number of carbonyl (C=O) groups is 1. The lowest BCUT2D eigenvalue weighted by Crippen LogP contribution is -2.03. The molecule has 0 aliphatic rings. The fourth-order valence-electron chi connectivity index (χ4n) is 1.47. The first-order valence-electron chi connectivity index (χ1n) is 5.28. The van der Waals surface area contributed by atoms with Gasteiger partial charge in [0.1, 0.15) is 11.4 Å².